The summed E-state index contributed by atoms with van der Waals surface area (Å²) in [5.74, 6) is 0. The minimum absolute atomic E-state index is 0.0640. The van der Waals surface area contributed by atoms with Gasteiger partial charge in [-0.2, -0.15) is 0 Å². The molecule has 40 heavy (non-hydrogen) atoms. The van der Waals surface area contributed by atoms with Crippen molar-refractivity contribution < 1.29 is 0 Å². The maximum Gasteiger partial charge on any atom is -0.00226 e. The molecule has 0 aliphatic heterocycles. The molecular weight excluding hydrogens is 480 g/mol. The van der Waals surface area contributed by atoms with Gasteiger partial charge in [-0.05, 0) is 89.2 Å². The van der Waals surface area contributed by atoms with Crippen LogP contribution < -0.4 is 0 Å². The first kappa shape index (κ1) is 24.6. The van der Waals surface area contributed by atoms with Gasteiger partial charge in [0.05, 0.1) is 0 Å². The molecule has 0 aliphatic rings. The molecule has 0 atom stereocenters. The highest BCUT2D eigenvalue weighted by Gasteiger charge is 2.19. The van der Waals surface area contributed by atoms with Gasteiger partial charge in [0.2, 0.25) is 0 Å². The maximum absolute atomic E-state index is 2.46. The van der Waals surface area contributed by atoms with Crippen LogP contribution in [0.25, 0.3) is 43.1 Å². The van der Waals surface area contributed by atoms with Crippen molar-refractivity contribution >= 4 is 43.1 Å². The zero-order valence-electron chi connectivity index (χ0n) is 23.5. The molecule has 0 radical (unpaired) electrons. The molecule has 7 aromatic carbocycles. The number of rotatable bonds is 4. The lowest BCUT2D eigenvalue weighted by atomic mass is 9.80. The molecule has 7 rings (SSSR count). The molecule has 0 spiro atoms. The van der Waals surface area contributed by atoms with Gasteiger partial charge in [-0.25, -0.2) is 0 Å². The van der Waals surface area contributed by atoms with E-state index in [9.17, 15) is 0 Å². The quantitative estimate of drug-likeness (QED) is 0.205. The van der Waals surface area contributed by atoms with Crippen molar-refractivity contribution in [3.63, 3.8) is 0 Å². The van der Waals surface area contributed by atoms with Gasteiger partial charge in [0.25, 0.3) is 0 Å². The monoisotopic (exact) mass is 514 g/mol. The standard InChI is InChI=1S/C40H34/c1-40(2,3)39-26-28(22-27-12-15-32-20-18-30-8-4-6-10-35(30)37(32)24-27)14-17-34(39)23-29-13-16-33-21-19-31-9-5-7-11-36(31)38(33)25-29/h4-21,24-26H,22-23H2,1-3H3. The van der Waals surface area contributed by atoms with Crippen molar-refractivity contribution in [3.8, 4) is 0 Å². The Balaban J connectivity index is 1.24. The van der Waals surface area contributed by atoms with E-state index in [4.69, 9.17) is 0 Å². The molecule has 0 fully saturated rings. The fraction of sp³-hybridized carbons (Fsp3) is 0.150. The van der Waals surface area contributed by atoms with Gasteiger partial charge >= 0.3 is 0 Å². The number of hydrogen-bond donors (Lipinski definition) is 0. The topological polar surface area (TPSA) is 0 Å². The minimum Gasteiger partial charge on any atom is -0.0616 e. The highest BCUT2D eigenvalue weighted by molar-refractivity contribution is 6.08. The summed E-state index contributed by atoms with van der Waals surface area (Å²) in [4.78, 5) is 0. The molecule has 0 nitrogen and oxygen atoms in total. The summed E-state index contributed by atoms with van der Waals surface area (Å²) >= 11 is 0. The van der Waals surface area contributed by atoms with E-state index in [0.717, 1.165) is 12.8 Å². The first-order valence-corrected chi connectivity index (χ1v) is 14.4. The molecule has 0 heterocycles. The van der Waals surface area contributed by atoms with Crippen LogP contribution in [0.15, 0.2) is 127 Å². The summed E-state index contributed by atoms with van der Waals surface area (Å²) in [6.07, 6.45) is 1.87. The second-order valence-electron chi connectivity index (χ2n) is 12.3. The van der Waals surface area contributed by atoms with Crippen molar-refractivity contribution in [2.45, 2.75) is 39.0 Å². The van der Waals surface area contributed by atoms with Gasteiger partial charge in [0, 0.05) is 0 Å². The van der Waals surface area contributed by atoms with Crippen molar-refractivity contribution in [1.82, 2.24) is 0 Å². The summed E-state index contributed by atoms with van der Waals surface area (Å²) < 4.78 is 0. The van der Waals surface area contributed by atoms with E-state index in [0.29, 0.717) is 0 Å². The van der Waals surface area contributed by atoms with Gasteiger partial charge in [-0.1, -0.05) is 148 Å². The molecule has 0 aliphatic carbocycles. The second-order valence-corrected chi connectivity index (χ2v) is 12.3. The van der Waals surface area contributed by atoms with E-state index in [1.165, 1.54) is 70.9 Å². The largest absolute Gasteiger partial charge is 0.0616 e. The second kappa shape index (κ2) is 9.65. The van der Waals surface area contributed by atoms with Gasteiger partial charge < -0.3 is 0 Å². The van der Waals surface area contributed by atoms with Gasteiger partial charge in [0.15, 0.2) is 0 Å². The molecule has 0 N–H and O–H groups in total. The van der Waals surface area contributed by atoms with Crippen LogP contribution in [0.3, 0.4) is 0 Å². The van der Waals surface area contributed by atoms with Gasteiger partial charge in [-0.3, -0.25) is 0 Å². The first-order valence-electron chi connectivity index (χ1n) is 14.4. The van der Waals surface area contributed by atoms with Crippen LogP contribution >= 0.6 is 0 Å². The average Bonchev–Trinajstić information content (AvgIpc) is 2.97. The zero-order valence-corrected chi connectivity index (χ0v) is 23.5. The number of benzene rings is 7. The predicted molar refractivity (Wildman–Crippen MR) is 174 cm³/mol. The summed E-state index contributed by atoms with van der Waals surface area (Å²) in [6, 6.07) is 47.5. The third-order valence-corrected chi connectivity index (χ3v) is 8.41. The van der Waals surface area contributed by atoms with Gasteiger partial charge in [0.1, 0.15) is 0 Å². The van der Waals surface area contributed by atoms with E-state index < -0.39 is 0 Å². The van der Waals surface area contributed by atoms with E-state index >= 15 is 0 Å². The van der Waals surface area contributed by atoms with E-state index in [1.807, 2.05) is 0 Å². The SMILES string of the molecule is CC(C)(C)c1cc(Cc2ccc3ccc4ccccc4c3c2)ccc1Cc1ccc2ccc3ccccc3c2c1. The van der Waals surface area contributed by atoms with Crippen LogP contribution in [0, 0.1) is 0 Å². The summed E-state index contributed by atoms with van der Waals surface area (Å²) in [5, 5.41) is 10.5. The summed E-state index contributed by atoms with van der Waals surface area (Å²) in [5.41, 5.74) is 7.02. The van der Waals surface area contributed by atoms with Crippen LogP contribution in [0.4, 0.5) is 0 Å². The van der Waals surface area contributed by atoms with E-state index in [2.05, 4.69) is 148 Å². The summed E-state index contributed by atoms with van der Waals surface area (Å²) in [6.45, 7) is 7.02. The molecule has 0 unspecified atom stereocenters. The van der Waals surface area contributed by atoms with Crippen molar-refractivity contribution in [1.29, 1.82) is 0 Å². The fourth-order valence-electron chi connectivity index (χ4n) is 6.36. The Kier molecular flexibility index (Phi) is 5.93. The smallest absolute Gasteiger partial charge is 0.00226 e. The first-order chi connectivity index (χ1) is 19.4. The highest BCUT2D eigenvalue weighted by atomic mass is 14.2. The average molecular weight is 515 g/mol. The Labute approximate surface area is 236 Å². The van der Waals surface area contributed by atoms with E-state index in [1.54, 1.807) is 0 Å². The molecule has 0 aromatic heterocycles. The Morgan fingerprint density at radius 3 is 1.38 bits per heavy atom. The Morgan fingerprint density at radius 1 is 0.400 bits per heavy atom. The van der Waals surface area contributed by atoms with Crippen LogP contribution in [0.1, 0.15) is 48.6 Å². The molecule has 194 valence electrons. The third-order valence-electron chi connectivity index (χ3n) is 8.41. The van der Waals surface area contributed by atoms with Crippen LogP contribution in [0.5, 0.6) is 0 Å². The lowest BCUT2D eigenvalue weighted by Gasteiger charge is -2.24. The van der Waals surface area contributed by atoms with Gasteiger partial charge in [-0.15, -0.1) is 0 Å². The molecule has 7 aromatic rings. The highest BCUT2D eigenvalue weighted by Crippen LogP contribution is 2.32. The third kappa shape index (κ3) is 4.54. The van der Waals surface area contributed by atoms with Crippen molar-refractivity contribution in [3.05, 3.63) is 155 Å². The minimum atomic E-state index is 0.0640. The molecule has 0 bridgehead atoms. The zero-order chi connectivity index (χ0) is 27.3. The fourth-order valence-corrected chi connectivity index (χ4v) is 6.36. The lowest BCUT2D eigenvalue weighted by Crippen LogP contribution is -2.15. The lowest BCUT2D eigenvalue weighted by molar-refractivity contribution is 0.583. The maximum atomic E-state index is 2.46. The Hall–Kier alpha value is -4.42. The van der Waals surface area contributed by atoms with Crippen molar-refractivity contribution in [2.24, 2.45) is 0 Å². The van der Waals surface area contributed by atoms with E-state index in [-0.39, 0.29) is 5.41 Å². The Bertz CT molecular complexity index is 2030. The van der Waals surface area contributed by atoms with Crippen LogP contribution in [0.2, 0.25) is 0 Å². The Morgan fingerprint density at radius 2 is 0.825 bits per heavy atom. The van der Waals surface area contributed by atoms with Crippen molar-refractivity contribution in [2.75, 3.05) is 0 Å². The molecule has 0 saturated carbocycles. The summed E-state index contributed by atoms with van der Waals surface area (Å²) in [7, 11) is 0. The molecule has 0 heteroatoms. The molecule has 0 saturated heterocycles. The normalized spacial score (nSPS) is 12.1. The van der Waals surface area contributed by atoms with Crippen LogP contribution in [-0.2, 0) is 18.3 Å². The number of fused-ring (bicyclic) bond motifs is 6. The molecule has 0 amide bonds. The number of hydrogen-bond acceptors (Lipinski definition) is 0. The molecular formula is C40H34. The predicted octanol–water partition coefficient (Wildman–Crippen LogP) is 10.8. The van der Waals surface area contributed by atoms with Crippen LogP contribution in [-0.4, -0.2) is 0 Å².